The zero-order chi connectivity index (χ0) is 10.7. The average Bonchev–Trinajstić information content (AvgIpc) is 2.68. The van der Waals surface area contributed by atoms with Gasteiger partial charge in [-0.05, 0) is 11.6 Å². The van der Waals surface area contributed by atoms with Crippen LogP contribution in [0.3, 0.4) is 0 Å². The summed E-state index contributed by atoms with van der Waals surface area (Å²) in [7, 11) is 0. The van der Waals surface area contributed by atoms with E-state index in [1.54, 1.807) is 0 Å². The molecule has 1 aromatic carbocycles. The van der Waals surface area contributed by atoms with Gasteiger partial charge in [-0.25, -0.2) is 4.99 Å². The topological polar surface area (TPSA) is 47.6 Å². The van der Waals surface area contributed by atoms with Crippen molar-refractivity contribution in [1.82, 2.24) is 0 Å². The summed E-state index contributed by atoms with van der Waals surface area (Å²) < 4.78 is 5.43. The molecule has 1 aliphatic heterocycles. The summed E-state index contributed by atoms with van der Waals surface area (Å²) >= 11 is 6.08. The Kier molecular flexibility index (Phi) is 3.23. The Bertz CT molecular complexity index is 379. The van der Waals surface area contributed by atoms with E-state index >= 15 is 0 Å². The van der Waals surface area contributed by atoms with Crippen LogP contribution in [0, 0.1) is 0 Å². The molecule has 4 heteroatoms. The van der Waals surface area contributed by atoms with Gasteiger partial charge >= 0.3 is 0 Å². The molecule has 0 saturated carbocycles. The highest BCUT2D eigenvalue weighted by Crippen LogP contribution is 2.29. The number of halogens is 1. The van der Waals surface area contributed by atoms with Gasteiger partial charge in [0.1, 0.15) is 12.6 Å². The van der Waals surface area contributed by atoms with E-state index in [9.17, 15) is 0 Å². The van der Waals surface area contributed by atoms with Gasteiger partial charge in [-0.3, -0.25) is 0 Å². The quantitative estimate of drug-likeness (QED) is 0.856. The van der Waals surface area contributed by atoms with Crippen molar-refractivity contribution in [3.8, 4) is 0 Å². The molecule has 0 radical (unpaired) electrons. The summed E-state index contributed by atoms with van der Waals surface area (Å²) in [5.74, 6) is 0.738. The van der Waals surface area contributed by atoms with Gasteiger partial charge in [0.25, 0.3) is 0 Å². The Morgan fingerprint density at radius 2 is 2.27 bits per heavy atom. The highest BCUT2D eigenvalue weighted by molar-refractivity contribution is 6.31. The fraction of sp³-hybridized carbons (Fsp3) is 0.364. The zero-order valence-corrected chi connectivity index (χ0v) is 9.07. The molecule has 0 fully saturated rings. The first-order valence-corrected chi connectivity index (χ1v) is 5.33. The molecule has 1 atom stereocenters. The monoisotopic (exact) mass is 224 g/mol. The van der Waals surface area contributed by atoms with E-state index in [2.05, 4.69) is 4.99 Å². The number of aliphatic imine (C=N–C) groups is 1. The van der Waals surface area contributed by atoms with Gasteiger partial charge in [-0.15, -0.1) is 0 Å². The van der Waals surface area contributed by atoms with Gasteiger partial charge in [0.15, 0.2) is 5.90 Å². The first kappa shape index (κ1) is 10.5. The Morgan fingerprint density at radius 3 is 3.00 bits per heavy atom. The van der Waals surface area contributed by atoms with Gasteiger partial charge in [0.05, 0.1) is 0 Å². The van der Waals surface area contributed by atoms with Crippen molar-refractivity contribution in [2.24, 2.45) is 10.7 Å². The number of hydrogen-bond donors (Lipinski definition) is 1. The van der Waals surface area contributed by atoms with Crippen molar-refractivity contribution in [3.05, 3.63) is 34.9 Å². The van der Waals surface area contributed by atoms with Crippen molar-refractivity contribution in [2.45, 2.75) is 12.5 Å². The highest BCUT2D eigenvalue weighted by atomic mass is 35.5. The molecular weight excluding hydrogens is 212 g/mol. The molecule has 0 saturated heterocycles. The molecule has 1 aliphatic rings. The minimum atomic E-state index is 0.0280. The second-order valence-corrected chi connectivity index (χ2v) is 3.82. The predicted molar refractivity (Wildman–Crippen MR) is 61.3 cm³/mol. The van der Waals surface area contributed by atoms with Gasteiger partial charge in [0, 0.05) is 18.0 Å². The van der Waals surface area contributed by atoms with Crippen LogP contribution in [0.5, 0.6) is 0 Å². The molecular formula is C11H13ClN2O. The van der Waals surface area contributed by atoms with Gasteiger partial charge in [-0.1, -0.05) is 29.8 Å². The van der Waals surface area contributed by atoms with E-state index in [1.807, 2.05) is 24.3 Å². The zero-order valence-electron chi connectivity index (χ0n) is 8.32. The fourth-order valence-electron chi connectivity index (χ4n) is 1.59. The number of rotatable bonds is 3. The van der Waals surface area contributed by atoms with E-state index in [0.717, 1.165) is 16.5 Å². The van der Waals surface area contributed by atoms with Crippen LogP contribution in [-0.2, 0) is 4.74 Å². The molecule has 2 rings (SSSR count). The first-order valence-electron chi connectivity index (χ1n) is 4.95. The van der Waals surface area contributed by atoms with Crippen LogP contribution in [0.4, 0.5) is 0 Å². The Labute approximate surface area is 93.9 Å². The number of benzene rings is 1. The predicted octanol–water partition coefficient (Wildman–Crippen LogP) is 2.16. The van der Waals surface area contributed by atoms with Crippen LogP contribution in [0.25, 0.3) is 0 Å². The third-order valence-corrected chi connectivity index (χ3v) is 2.67. The molecule has 0 amide bonds. The minimum absolute atomic E-state index is 0.0280. The Morgan fingerprint density at radius 1 is 1.47 bits per heavy atom. The van der Waals surface area contributed by atoms with E-state index < -0.39 is 0 Å². The summed E-state index contributed by atoms with van der Waals surface area (Å²) in [4.78, 5) is 4.44. The molecule has 0 bridgehead atoms. The summed E-state index contributed by atoms with van der Waals surface area (Å²) in [6, 6.07) is 7.74. The van der Waals surface area contributed by atoms with Crippen molar-refractivity contribution in [1.29, 1.82) is 0 Å². The van der Waals surface area contributed by atoms with Crippen LogP contribution in [0.15, 0.2) is 29.3 Å². The standard InChI is InChI=1S/C11H13ClN2O/c12-9-4-2-1-3-8(9)10-7-15-11(14-10)5-6-13/h1-4,10H,5-7,13H2. The first-order chi connectivity index (χ1) is 7.31. The number of nitrogens with zero attached hydrogens (tertiary/aromatic N) is 1. The second kappa shape index (κ2) is 4.64. The van der Waals surface area contributed by atoms with Gasteiger partial charge < -0.3 is 10.5 Å². The summed E-state index contributed by atoms with van der Waals surface area (Å²) in [5, 5.41) is 0.740. The molecule has 0 aromatic heterocycles. The normalized spacial score (nSPS) is 19.9. The molecule has 0 spiro atoms. The van der Waals surface area contributed by atoms with Crippen LogP contribution in [0.2, 0.25) is 5.02 Å². The molecule has 80 valence electrons. The second-order valence-electron chi connectivity index (χ2n) is 3.41. The largest absolute Gasteiger partial charge is 0.478 e. The smallest absolute Gasteiger partial charge is 0.185 e. The maximum absolute atomic E-state index is 6.08. The lowest BCUT2D eigenvalue weighted by Crippen LogP contribution is -2.07. The van der Waals surface area contributed by atoms with E-state index in [1.165, 1.54) is 0 Å². The highest BCUT2D eigenvalue weighted by Gasteiger charge is 2.21. The van der Waals surface area contributed by atoms with Crippen LogP contribution < -0.4 is 5.73 Å². The lowest BCUT2D eigenvalue weighted by atomic mass is 10.1. The molecule has 1 unspecified atom stereocenters. The number of ether oxygens (including phenoxy) is 1. The number of nitrogens with two attached hydrogens (primary N) is 1. The van der Waals surface area contributed by atoms with Crippen molar-refractivity contribution in [3.63, 3.8) is 0 Å². The molecule has 1 heterocycles. The van der Waals surface area contributed by atoms with E-state index in [-0.39, 0.29) is 6.04 Å². The SMILES string of the molecule is NCCC1=NC(c2ccccc2Cl)CO1. The summed E-state index contributed by atoms with van der Waals surface area (Å²) in [6.07, 6.45) is 0.695. The Hall–Kier alpha value is -1.06. The molecule has 2 N–H and O–H groups in total. The molecule has 0 aliphatic carbocycles. The lowest BCUT2D eigenvalue weighted by molar-refractivity contribution is 0.312. The summed E-state index contributed by atoms with van der Waals surface area (Å²) in [6.45, 7) is 1.13. The summed E-state index contributed by atoms with van der Waals surface area (Å²) in [5.41, 5.74) is 6.46. The molecule has 1 aromatic rings. The fourth-order valence-corrected chi connectivity index (χ4v) is 1.85. The minimum Gasteiger partial charge on any atom is -0.478 e. The van der Waals surface area contributed by atoms with Crippen LogP contribution >= 0.6 is 11.6 Å². The lowest BCUT2D eigenvalue weighted by Gasteiger charge is -2.06. The van der Waals surface area contributed by atoms with Crippen LogP contribution in [0.1, 0.15) is 18.0 Å². The number of hydrogen-bond acceptors (Lipinski definition) is 3. The van der Waals surface area contributed by atoms with Crippen molar-refractivity contribution in [2.75, 3.05) is 13.2 Å². The van der Waals surface area contributed by atoms with Crippen LogP contribution in [-0.4, -0.2) is 19.0 Å². The third kappa shape index (κ3) is 2.30. The van der Waals surface area contributed by atoms with Crippen molar-refractivity contribution < 1.29 is 4.74 Å². The maximum atomic E-state index is 6.08. The Balaban J connectivity index is 2.17. The van der Waals surface area contributed by atoms with Crippen molar-refractivity contribution >= 4 is 17.5 Å². The molecule has 3 nitrogen and oxygen atoms in total. The maximum Gasteiger partial charge on any atom is 0.185 e. The third-order valence-electron chi connectivity index (χ3n) is 2.33. The van der Waals surface area contributed by atoms with Gasteiger partial charge in [-0.2, -0.15) is 0 Å². The van der Waals surface area contributed by atoms with Gasteiger partial charge in [0.2, 0.25) is 0 Å². The van der Waals surface area contributed by atoms with E-state index in [4.69, 9.17) is 22.1 Å². The average molecular weight is 225 g/mol. The van der Waals surface area contributed by atoms with E-state index in [0.29, 0.717) is 19.6 Å². The molecule has 15 heavy (non-hydrogen) atoms.